The van der Waals surface area contributed by atoms with Gasteiger partial charge in [-0.3, -0.25) is 0 Å². The number of aromatic nitrogens is 3. The van der Waals surface area contributed by atoms with Crippen LogP contribution in [0.1, 0.15) is 44.4 Å². The lowest BCUT2D eigenvalue weighted by molar-refractivity contribution is 0.391. The molecule has 1 unspecified atom stereocenters. The second-order valence-corrected chi connectivity index (χ2v) is 4.16. The fraction of sp³-hybridized carbons (Fsp3) is 0.583. The molecule has 98 valence electrons. The van der Waals surface area contributed by atoms with E-state index >= 15 is 0 Å². The summed E-state index contributed by atoms with van der Waals surface area (Å²) in [5.41, 5.74) is 0.749. The third kappa shape index (κ3) is 2.59. The fourth-order valence-corrected chi connectivity index (χ4v) is 1.71. The van der Waals surface area contributed by atoms with E-state index in [9.17, 15) is 0 Å². The molecule has 18 heavy (non-hydrogen) atoms. The van der Waals surface area contributed by atoms with E-state index in [1.165, 1.54) is 0 Å². The molecule has 0 radical (unpaired) electrons. The molecule has 0 bridgehead atoms. The van der Waals surface area contributed by atoms with Gasteiger partial charge in [0.05, 0.1) is 12.2 Å². The average molecular weight is 250 g/mol. The van der Waals surface area contributed by atoms with Gasteiger partial charge in [0, 0.05) is 0 Å². The van der Waals surface area contributed by atoms with E-state index in [0.29, 0.717) is 17.5 Å². The summed E-state index contributed by atoms with van der Waals surface area (Å²) in [4.78, 5) is 0. The monoisotopic (exact) mass is 250 g/mol. The summed E-state index contributed by atoms with van der Waals surface area (Å²) >= 11 is 0. The lowest BCUT2D eigenvalue weighted by Crippen LogP contribution is -2.21. The maximum Gasteiger partial charge on any atom is 0.253 e. The van der Waals surface area contributed by atoms with Crippen molar-refractivity contribution in [3.05, 3.63) is 17.8 Å². The third-order valence-corrected chi connectivity index (χ3v) is 2.77. The molecule has 0 aromatic carbocycles. The van der Waals surface area contributed by atoms with Gasteiger partial charge >= 0.3 is 0 Å². The van der Waals surface area contributed by atoms with E-state index in [1.807, 2.05) is 6.92 Å². The average Bonchev–Trinajstić information content (AvgIpc) is 2.99. The van der Waals surface area contributed by atoms with Crippen molar-refractivity contribution in [3.8, 4) is 11.5 Å². The standard InChI is InChI=1S/C12H18N4O2/c1-4-6-13-10(5-2)12-16-15-11(17-12)9-7-14-18-8(9)3/h7,10,13H,4-6H2,1-3H3. The zero-order chi connectivity index (χ0) is 13.0. The van der Waals surface area contributed by atoms with Gasteiger partial charge < -0.3 is 14.3 Å². The lowest BCUT2D eigenvalue weighted by Gasteiger charge is -2.11. The van der Waals surface area contributed by atoms with Crippen LogP contribution in [0.3, 0.4) is 0 Å². The van der Waals surface area contributed by atoms with Crippen LogP contribution in [0.15, 0.2) is 15.1 Å². The highest BCUT2D eigenvalue weighted by Crippen LogP contribution is 2.24. The van der Waals surface area contributed by atoms with E-state index in [1.54, 1.807) is 6.20 Å². The van der Waals surface area contributed by atoms with Crippen LogP contribution in [0.4, 0.5) is 0 Å². The summed E-state index contributed by atoms with van der Waals surface area (Å²) in [7, 11) is 0. The molecule has 0 saturated carbocycles. The maximum atomic E-state index is 5.67. The molecule has 0 amide bonds. The van der Waals surface area contributed by atoms with Crippen molar-refractivity contribution in [3.63, 3.8) is 0 Å². The molecule has 0 fully saturated rings. The molecular formula is C12H18N4O2. The molecule has 0 aliphatic carbocycles. The number of aryl methyl sites for hydroxylation is 1. The normalized spacial score (nSPS) is 12.8. The van der Waals surface area contributed by atoms with Crippen molar-refractivity contribution in [2.75, 3.05) is 6.54 Å². The van der Waals surface area contributed by atoms with E-state index in [-0.39, 0.29) is 6.04 Å². The van der Waals surface area contributed by atoms with Crippen LogP contribution in [-0.2, 0) is 0 Å². The molecule has 0 saturated heterocycles. The summed E-state index contributed by atoms with van der Waals surface area (Å²) < 4.78 is 10.7. The van der Waals surface area contributed by atoms with Gasteiger partial charge in [-0.2, -0.15) is 0 Å². The minimum atomic E-state index is 0.103. The van der Waals surface area contributed by atoms with E-state index in [2.05, 4.69) is 34.5 Å². The fourth-order valence-electron chi connectivity index (χ4n) is 1.71. The summed E-state index contributed by atoms with van der Waals surface area (Å²) in [6.07, 6.45) is 3.57. The molecule has 0 aliphatic heterocycles. The number of rotatable bonds is 6. The Balaban J connectivity index is 2.16. The van der Waals surface area contributed by atoms with Crippen molar-refractivity contribution in [2.45, 2.75) is 39.7 Å². The van der Waals surface area contributed by atoms with Gasteiger partial charge in [-0.1, -0.05) is 19.0 Å². The van der Waals surface area contributed by atoms with Gasteiger partial charge in [-0.15, -0.1) is 10.2 Å². The first-order valence-electron chi connectivity index (χ1n) is 6.24. The topological polar surface area (TPSA) is 77.0 Å². The Morgan fingerprint density at radius 2 is 2.17 bits per heavy atom. The van der Waals surface area contributed by atoms with Gasteiger partial charge in [0.15, 0.2) is 0 Å². The molecule has 1 atom stereocenters. The second kappa shape index (κ2) is 5.77. The Morgan fingerprint density at radius 3 is 2.78 bits per heavy atom. The van der Waals surface area contributed by atoms with Crippen LogP contribution in [0, 0.1) is 6.92 Å². The highest BCUT2D eigenvalue weighted by molar-refractivity contribution is 5.52. The summed E-state index contributed by atoms with van der Waals surface area (Å²) in [6.45, 7) is 6.96. The van der Waals surface area contributed by atoms with E-state index < -0.39 is 0 Å². The van der Waals surface area contributed by atoms with Gasteiger partial charge in [0.25, 0.3) is 5.89 Å². The Kier molecular flexibility index (Phi) is 4.09. The molecule has 1 N–H and O–H groups in total. The van der Waals surface area contributed by atoms with E-state index in [4.69, 9.17) is 8.94 Å². The molecule has 2 rings (SSSR count). The zero-order valence-electron chi connectivity index (χ0n) is 10.9. The minimum Gasteiger partial charge on any atom is -0.419 e. The van der Waals surface area contributed by atoms with Crippen molar-refractivity contribution >= 4 is 0 Å². The Morgan fingerprint density at radius 1 is 1.33 bits per heavy atom. The van der Waals surface area contributed by atoms with Crippen molar-refractivity contribution < 1.29 is 8.94 Å². The molecule has 2 aromatic heterocycles. The van der Waals surface area contributed by atoms with Gasteiger partial charge in [0.1, 0.15) is 11.3 Å². The Hall–Kier alpha value is -1.69. The highest BCUT2D eigenvalue weighted by Gasteiger charge is 2.19. The molecule has 6 nitrogen and oxygen atoms in total. The van der Waals surface area contributed by atoms with Crippen LogP contribution in [0.25, 0.3) is 11.5 Å². The van der Waals surface area contributed by atoms with Gasteiger partial charge in [0.2, 0.25) is 5.89 Å². The largest absolute Gasteiger partial charge is 0.419 e. The van der Waals surface area contributed by atoms with Crippen LogP contribution < -0.4 is 5.32 Å². The van der Waals surface area contributed by atoms with Gasteiger partial charge in [-0.25, -0.2) is 0 Å². The smallest absolute Gasteiger partial charge is 0.253 e. The second-order valence-electron chi connectivity index (χ2n) is 4.16. The summed E-state index contributed by atoms with van der Waals surface area (Å²) in [5.74, 6) is 1.75. The maximum absolute atomic E-state index is 5.67. The zero-order valence-corrected chi connectivity index (χ0v) is 10.9. The molecule has 2 aromatic rings. The Labute approximate surface area is 106 Å². The third-order valence-electron chi connectivity index (χ3n) is 2.77. The highest BCUT2D eigenvalue weighted by atomic mass is 16.5. The molecule has 0 spiro atoms. The number of nitrogens with one attached hydrogen (secondary N) is 1. The predicted octanol–water partition coefficient (Wildman–Crippen LogP) is 2.48. The SMILES string of the molecule is CCCNC(CC)c1nnc(-c2cnoc2C)o1. The van der Waals surface area contributed by atoms with Gasteiger partial charge in [-0.05, 0) is 26.3 Å². The van der Waals surface area contributed by atoms with Crippen molar-refractivity contribution in [1.82, 2.24) is 20.7 Å². The quantitative estimate of drug-likeness (QED) is 0.848. The number of nitrogens with zero attached hydrogens (tertiary/aromatic N) is 3. The van der Waals surface area contributed by atoms with Crippen LogP contribution >= 0.6 is 0 Å². The molecule has 6 heteroatoms. The number of hydrogen-bond donors (Lipinski definition) is 1. The Bertz CT molecular complexity index is 492. The summed E-state index contributed by atoms with van der Waals surface area (Å²) in [6, 6.07) is 0.103. The van der Waals surface area contributed by atoms with Crippen LogP contribution in [0.5, 0.6) is 0 Å². The first kappa shape index (κ1) is 12.8. The molecule has 2 heterocycles. The lowest BCUT2D eigenvalue weighted by atomic mass is 10.2. The summed E-state index contributed by atoms with van der Waals surface area (Å²) in [5, 5.41) is 15.2. The van der Waals surface area contributed by atoms with Crippen molar-refractivity contribution in [1.29, 1.82) is 0 Å². The first-order chi connectivity index (χ1) is 8.76. The van der Waals surface area contributed by atoms with Crippen LogP contribution in [-0.4, -0.2) is 21.9 Å². The molecular weight excluding hydrogens is 232 g/mol. The predicted molar refractivity (Wildman–Crippen MR) is 65.9 cm³/mol. The minimum absolute atomic E-state index is 0.103. The van der Waals surface area contributed by atoms with Crippen LogP contribution in [0.2, 0.25) is 0 Å². The molecule has 0 aliphatic rings. The van der Waals surface area contributed by atoms with Crippen molar-refractivity contribution in [2.24, 2.45) is 0 Å². The number of hydrogen-bond acceptors (Lipinski definition) is 6. The first-order valence-corrected chi connectivity index (χ1v) is 6.24. The van der Waals surface area contributed by atoms with E-state index in [0.717, 1.165) is 24.9 Å².